The van der Waals surface area contributed by atoms with Crippen molar-refractivity contribution in [2.24, 2.45) is 5.92 Å². The summed E-state index contributed by atoms with van der Waals surface area (Å²) in [7, 11) is 1.61. The van der Waals surface area contributed by atoms with Crippen LogP contribution in [0.4, 0.5) is 10.9 Å². The molecule has 3 aromatic rings. The molecule has 10 heteroatoms. The average molecular weight is 473 g/mol. The van der Waals surface area contributed by atoms with Crippen LogP contribution < -0.4 is 15.0 Å². The fourth-order valence-electron chi connectivity index (χ4n) is 3.52. The van der Waals surface area contributed by atoms with E-state index >= 15 is 0 Å². The van der Waals surface area contributed by atoms with Gasteiger partial charge < -0.3 is 14.7 Å². The van der Waals surface area contributed by atoms with Crippen LogP contribution in [0.15, 0.2) is 41.9 Å². The molecule has 1 aliphatic heterocycles. The van der Waals surface area contributed by atoms with Crippen molar-refractivity contribution in [3.63, 3.8) is 0 Å². The smallest absolute Gasteiger partial charge is 0.306 e. The Morgan fingerprint density at radius 1 is 1.25 bits per heavy atom. The minimum atomic E-state index is -0.770. The number of carboxylic acids is 1. The van der Waals surface area contributed by atoms with Crippen molar-refractivity contribution in [1.29, 1.82) is 0 Å². The van der Waals surface area contributed by atoms with Gasteiger partial charge in [0.05, 0.1) is 29.3 Å². The predicted octanol–water partition coefficient (Wildman–Crippen LogP) is 4.42. The fourth-order valence-corrected chi connectivity index (χ4v) is 4.52. The average Bonchev–Trinajstić information content (AvgIpc) is 3.27. The van der Waals surface area contributed by atoms with Gasteiger partial charge in [0.2, 0.25) is 0 Å². The molecule has 0 atom stereocenters. The summed E-state index contributed by atoms with van der Waals surface area (Å²) in [6.07, 6.45) is 2.55. The van der Waals surface area contributed by atoms with Crippen LogP contribution in [0, 0.1) is 5.92 Å². The van der Waals surface area contributed by atoms with Gasteiger partial charge in [-0.25, -0.2) is 9.97 Å². The number of ether oxygens (including phenoxy) is 1. The molecule has 4 rings (SSSR count). The van der Waals surface area contributed by atoms with Crippen LogP contribution in [0.1, 0.15) is 23.2 Å². The minimum Gasteiger partial charge on any atom is -0.497 e. The summed E-state index contributed by atoms with van der Waals surface area (Å²) in [6, 6.07) is 9.08. The molecular weight excluding hydrogens is 452 g/mol. The van der Waals surface area contributed by atoms with Gasteiger partial charge in [0.15, 0.2) is 5.13 Å². The van der Waals surface area contributed by atoms with E-state index in [9.17, 15) is 9.59 Å². The van der Waals surface area contributed by atoms with Gasteiger partial charge in [-0.1, -0.05) is 11.6 Å². The normalized spacial score (nSPS) is 14.2. The van der Waals surface area contributed by atoms with Crippen LogP contribution in [0.2, 0.25) is 5.02 Å². The summed E-state index contributed by atoms with van der Waals surface area (Å²) in [5.41, 5.74) is 1.99. The zero-order valence-corrected chi connectivity index (χ0v) is 18.8. The van der Waals surface area contributed by atoms with E-state index < -0.39 is 5.97 Å². The number of aliphatic carboxylic acids is 1. The zero-order valence-electron chi connectivity index (χ0n) is 17.2. The highest BCUT2D eigenvalue weighted by Crippen LogP contribution is 2.30. The Labute approximate surface area is 193 Å². The number of hydrogen-bond donors (Lipinski definition) is 2. The number of carbonyl (C=O) groups is 2. The lowest BCUT2D eigenvalue weighted by molar-refractivity contribution is -0.142. The number of pyridine rings is 1. The van der Waals surface area contributed by atoms with Gasteiger partial charge in [0.25, 0.3) is 5.91 Å². The Morgan fingerprint density at radius 2 is 1.97 bits per heavy atom. The second kappa shape index (κ2) is 9.54. The molecule has 1 amide bonds. The molecule has 1 aliphatic rings. The third kappa shape index (κ3) is 4.84. The molecule has 0 unspecified atom stereocenters. The largest absolute Gasteiger partial charge is 0.497 e. The van der Waals surface area contributed by atoms with E-state index in [0.29, 0.717) is 47.5 Å². The van der Waals surface area contributed by atoms with Gasteiger partial charge in [-0.15, -0.1) is 11.3 Å². The molecule has 0 bridgehead atoms. The van der Waals surface area contributed by atoms with Gasteiger partial charge in [0.1, 0.15) is 11.6 Å². The lowest BCUT2D eigenvalue weighted by Crippen LogP contribution is -2.37. The monoisotopic (exact) mass is 472 g/mol. The number of anilines is 2. The fraction of sp³-hybridized carbons (Fsp3) is 0.273. The lowest BCUT2D eigenvalue weighted by Gasteiger charge is -2.31. The first kappa shape index (κ1) is 22.0. The van der Waals surface area contributed by atoms with Crippen molar-refractivity contribution in [3.05, 3.63) is 52.5 Å². The first-order chi connectivity index (χ1) is 15.4. The number of nitrogens with one attached hydrogen (secondary N) is 1. The Morgan fingerprint density at radius 3 is 2.59 bits per heavy atom. The molecule has 0 radical (unpaired) electrons. The van der Waals surface area contributed by atoms with Crippen LogP contribution in [0.3, 0.4) is 0 Å². The number of benzene rings is 1. The number of hydrogen-bond acceptors (Lipinski definition) is 7. The number of carboxylic acid groups (broad SMARTS) is 1. The third-order valence-electron chi connectivity index (χ3n) is 5.34. The van der Waals surface area contributed by atoms with Gasteiger partial charge in [-0.2, -0.15) is 0 Å². The maximum atomic E-state index is 12.7. The second-order valence-electron chi connectivity index (χ2n) is 7.35. The molecule has 32 heavy (non-hydrogen) atoms. The molecule has 0 aliphatic carbocycles. The molecule has 8 nitrogen and oxygen atoms in total. The van der Waals surface area contributed by atoms with Crippen molar-refractivity contribution >= 4 is 45.8 Å². The van der Waals surface area contributed by atoms with E-state index in [1.54, 1.807) is 13.2 Å². The number of piperidine rings is 1. The van der Waals surface area contributed by atoms with Crippen LogP contribution in [-0.2, 0) is 4.79 Å². The Bertz CT molecular complexity index is 1130. The van der Waals surface area contributed by atoms with Crippen molar-refractivity contribution < 1.29 is 19.4 Å². The number of methoxy groups -OCH3 is 1. The number of thiazole rings is 1. The van der Waals surface area contributed by atoms with Gasteiger partial charge in [-0.05, 0) is 43.2 Å². The van der Waals surface area contributed by atoms with Crippen LogP contribution >= 0.6 is 22.9 Å². The van der Waals surface area contributed by atoms with E-state index in [4.69, 9.17) is 21.4 Å². The predicted molar refractivity (Wildman–Crippen MR) is 124 cm³/mol. The zero-order chi connectivity index (χ0) is 22.7. The van der Waals surface area contributed by atoms with Crippen molar-refractivity contribution in [2.75, 3.05) is 30.4 Å². The molecule has 1 fully saturated rings. The van der Waals surface area contributed by atoms with E-state index in [-0.39, 0.29) is 11.8 Å². The SMILES string of the molecule is COc1ccc(-c2csc(NC(=O)c3cnc(N4CCC(C(=O)O)CC4)c(Cl)c3)n2)cc1. The summed E-state index contributed by atoms with van der Waals surface area (Å²) < 4.78 is 5.16. The third-order valence-corrected chi connectivity index (χ3v) is 6.37. The van der Waals surface area contributed by atoms with E-state index in [1.165, 1.54) is 17.5 Å². The number of amides is 1. The Hall–Kier alpha value is -3.17. The highest BCUT2D eigenvalue weighted by atomic mass is 35.5. The summed E-state index contributed by atoms with van der Waals surface area (Å²) >= 11 is 7.72. The summed E-state index contributed by atoms with van der Waals surface area (Å²) in [4.78, 5) is 34.6. The van der Waals surface area contributed by atoms with E-state index in [1.807, 2.05) is 34.5 Å². The quantitative estimate of drug-likeness (QED) is 0.547. The maximum Gasteiger partial charge on any atom is 0.306 e. The highest BCUT2D eigenvalue weighted by Gasteiger charge is 2.26. The maximum absolute atomic E-state index is 12.7. The van der Waals surface area contributed by atoms with Crippen molar-refractivity contribution in [2.45, 2.75) is 12.8 Å². The number of aromatic nitrogens is 2. The van der Waals surface area contributed by atoms with Crippen molar-refractivity contribution in [1.82, 2.24) is 9.97 Å². The van der Waals surface area contributed by atoms with Crippen LogP contribution in [0.25, 0.3) is 11.3 Å². The molecular formula is C22H21ClN4O4S. The van der Waals surface area contributed by atoms with Gasteiger partial charge in [0, 0.05) is 30.2 Å². The van der Waals surface area contributed by atoms with E-state index in [2.05, 4.69) is 15.3 Å². The van der Waals surface area contributed by atoms with Gasteiger partial charge in [-0.3, -0.25) is 14.9 Å². The molecule has 3 heterocycles. The number of halogens is 1. The van der Waals surface area contributed by atoms with E-state index in [0.717, 1.165) is 17.0 Å². The molecule has 1 saturated heterocycles. The molecule has 2 aromatic heterocycles. The van der Waals surface area contributed by atoms with Crippen LogP contribution in [-0.4, -0.2) is 47.2 Å². The summed E-state index contributed by atoms with van der Waals surface area (Å²) in [5, 5.41) is 14.6. The van der Waals surface area contributed by atoms with Crippen molar-refractivity contribution in [3.8, 4) is 17.0 Å². The number of carbonyl (C=O) groups excluding carboxylic acids is 1. The summed E-state index contributed by atoms with van der Waals surface area (Å²) in [6.45, 7) is 1.12. The molecule has 166 valence electrons. The highest BCUT2D eigenvalue weighted by molar-refractivity contribution is 7.14. The molecule has 0 saturated carbocycles. The number of rotatable bonds is 6. The van der Waals surface area contributed by atoms with Gasteiger partial charge >= 0.3 is 5.97 Å². The Kier molecular flexibility index (Phi) is 6.57. The first-order valence-electron chi connectivity index (χ1n) is 9.99. The topological polar surface area (TPSA) is 105 Å². The lowest BCUT2D eigenvalue weighted by atomic mass is 9.97. The molecule has 0 spiro atoms. The minimum absolute atomic E-state index is 0.320. The van der Waals surface area contributed by atoms with Crippen LogP contribution in [0.5, 0.6) is 5.75 Å². The number of nitrogens with zero attached hydrogens (tertiary/aromatic N) is 3. The second-order valence-corrected chi connectivity index (χ2v) is 8.61. The standard InChI is InChI=1S/C22H21ClN4O4S/c1-31-16-4-2-13(3-5-16)18-12-32-22(25-18)26-20(28)15-10-17(23)19(24-11-15)27-8-6-14(7-9-27)21(29)30/h2-5,10-12,14H,6-9H2,1H3,(H,29,30)(H,25,26,28). The first-order valence-corrected chi connectivity index (χ1v) is 11.2. The summed E-state index contributed by atoms with van der Waals surface area (Å²) in [5.74, 6) is -0.143. The molecule has 1 aromatic carbocycles. The Balaban J connectivity index is 1.41. The molecule has 2 N–H and O–H groups in total.